The van der Waals surface area contributed by atoms with E-state index in [1.807, 2.05) is 0 Å². The number of hydrogen-bond donors (Lipinski definition) is 0. The Morgan fingerprint density at radius 2 is 1.78 bits per heavy atom. The van der Waals surface area contributed by atoms with Crippen molar-refractivity contribution < 1.29 is 38.2 Å². The Morgan fingerprint density at radius 3 is 2.35 bits per heavy atom. The molecule has 9 heteroatoms. The van der Waals surface area contributed by atoms with E-state index in [4.69, 9.17) is 23.8 Å². The van der Waals surface area contributed by atoms with Gasteiger partial charge in [0, 0.05) is 43.8 Å². The summed E-state index contributed by atoms with van der Waals surface area (Å²) in [5, 5.41) is 1.24. The van der Waals surface area contributed by atoms with E-state index in [2.05, 4.69) is 0 Å². The summed E-state index contributed by atoms with van der Waals surface area (Å²) in [5.74, 6) is -0.195. The van der Waals surface area contributed by atoms with Crippen LogP contribution in [0.3, 0.4) is 0 Å². The Kier molecular flexibility index (Phi) is 9.93. The number of Topliss-reactive ketones (excluding diaryl/α,β-unsaturated/α-hetero) is 1. The van der Waals surface area contributed by atoms with Crippen LogP contribution in [0.2, 0.25) is 0 Å². The van der Waals surface area contributed by atoms with Crippen LogP contribution in [0.1, 0.15) is 56.8 Å². The molecule has 37 heavy (non-hydrogen) atoms. The second kappa shape index (κ2) is 12.9. The SMILES string of the molecule is COC(OC)Oc1ccc(-c2c(C(=O)CC=O)cccc2N(OC2CCCCO2)C(=O)C(C)(C)C)cc1. The third-order valence-corrected chi connectivity index (χ3v) is 5.78. The minimum atomic E-state index is -0.883. The van der Waals surface area contributed by atoms with Gasteiger partial charge >= 0.3 is 6.48 Å². The van der Waals surface area contributed by atoms with Crippen molar-refractivity contribution in [2.75, 3.05) is 25.9 Å². The first-order valence-corrected chi connectivity index (χ1v) is 12.2. The van der Waals surface area contributed by atoms with Crippen molar-refractivity contribution in [3.05, 3.63) is 48.0 Å². The van der Waals surface area contributed by atoms with E-state index in [9.17, 15) is 14.4 Å². The van der Waals surface area contributed by atoms with Crippen LogP contribution in [-0.4, -0.2) is 51.6 Å². The average molecular weight is 514 g/mol. The van der Waals surface area contributed by atoms with Crippen LogP contribution >= 0.6 is 0 Å². The van der Waals surface area contributed by atoms with E-state index < -0.39 is 18.2 Å². The van der Waals surface area contributed by atoms with Crippen molar-refractivity contribution in [1.82, 2.24) is 0 Å². The average Bonchev–Trinajstić information content (AvgIpc) is 2.90. The number of aldehydes is 1. The Hall–Kier alpha value is -3.11. The predicted octanol–water partition coefficient (Wildman–Crippen LogP) is 4.92. The van der Waals surface area contributed by atoms with Gasteiger partial charge in [-0.2, -0.15) is 5.06 Å². The van der Waals surface area contributed by atoms with E-state index in [0.717, 1.165) is 12.8 Å². The van der Waals surface area contributed by atoms with Gasteiger partial charge in [-0.1, -0.05) is 45.0 Å². The monoisotopic (exact) mass is 513 g/mol. The Morgan fingerprint density at radius 1 is 1.08 bits per heavy atom. The first-order chi connectivity index (χ1) is 17.7. The second-order valence-corrected chi connectivity index (χ2v) is 9.65. The Bertz CT molecular complexity index is 1070. The number of benzene rings is 2. The van der Waals surface area contributed by atoms with E-state index in [0.29, 0.717) is 47.4 Å². The number of hydroxylamine groups is 1. The minimum absolute atomic E-state index is 0.291. The van der Waals surface area contributed by atoms with Crippen molar-refractivity contribution in [3.63, 3.8) is 0 Å². The fraction of sp³-hybridized carbons (Fsp3) is 0.464. The number of ketones is 1. The topological polar surface area (TPSA) is 101 Å². The Balaban J connectivity index is 2.13. The molecule has 1 aliphatic heterocycles. The lowest BCUT2D eigenvalue weighted by Crippen LogP contribution is -2.43. The molecule has 1 unspecified atom stereocenters. The van der Waals surface area contributed by atoms with E-state index >= 15 is 0 Å². The summed E-state index contributed by atoms with van der Waals surface area (Å²) >= 11 is 0. The van der Waals surface area contributed by atoms with E-state index in [-0.39, 0.29) is 18.1 Å². The van der Waals surface area contributed by atoms with Gasteiger partial charge in [0.2, 0.25) is 0 Å². The molecule has 1 heterocycles. The number of rotatable bonds is 11. The normalized spacial score (nSPS) is 15.9. The maximum atomic E-state index is 13.6. The standard InChI is InChI=1S/C28H35NO8/c1-28(2,3)26(32)29(37-24-11-6-7-18-35-24)22-10-8-9-21(23(31)16-17-30)25(22)19-12-14-20(15-13-19)36-27(33-4)34-5/h8-10,12-15,17,24,27H,6-7,11,16,18H2,1-5H3. The maximum absolute atomic E-state index is 13.6. The molecule has 1 saturated heterocycles. The van der Waals surface area contributed by atoms with Gasteiger partial charge in [-0.25, -0.2) is 4.84 Å². The lowest BCUT2D eigenvalue weighted by Gasteiger charge is -2.34. The molecule has 0 bridgehead atoms. The van der Waals surface area contributed by atoms with Crippen LogP contribution in [-0.2, 0) is 28.6 Å². The molecule has 0 aromatic heterocycles. The molecule has 0 N–H and O–H groups in total. The lowest BCUT2D eigenvalue weighted by molar-refractivity contribution is -0.219. The molecule has 1 aliphatic rings. The molecule has 200 valence electrons. The number of hydrogen-bond acceptors (Lipinski definition) is 8. The fourth-order valence-electron chi connectivity index (χ4n) is 3.87. The summed E-state index contributed by atoms with van der Waals surface area (Å²) < 4.78 is 21.5. The highest BCUT2D eigenvalue weighted by atomic mass is 16.8. The largest absolute Gasteiger partial charge is 0.441 e. The highest BCUT2D eigenvalue weighted by Gasteiger charge is 2.34. The number of carbonyl (C=O) groups excluding carboxylic acids is 3. The zero-order valence-electron chi connectivity index (χ0n) is 22.0. The number of anilines is 1. The third-order valence-electron chi connectivity index (χ3n) is 5.78. The fourth-order valence-corrected chi connectivity index (χ4v) is 3.87. The molecule has 2 aromatic rings. The number of amides is 1. The molecule has 0 saturated carbocycles. The number of carbonyl (C=O) groups is 3. The second-order valence-electron chi connectivity index (χ2n) is 9.65. The molecule has 9 nitrogen and oxygen atoms in total. The van der Waals surface area contributed by atoms with E-state index in [1.165, 1.54) is 19.3 Å². The van der Waals surface area contributed by atoms with Gasteiger partial charge in [-0.3, -0.25) is 9.59 Å². The molecule has 3 rings (SSSR count). The van der Waals surface area contributed by atoms with Gasteiger partial charge in [0.25, 0.3) is 5.91 Å². The van der Waals surface area contributed by atoms with Gasteiger partial charge in [-0.15, -0.1) is 0 Å². The minimum Gasteiger partial charge on any atom is -0.441 e. The molecule has 0 radical (unpaired) electrons. The van der Waals surface area contributed by atoms with Crippen LogP contribution < -0.4 is 9.80 Å². The van der Waals surface area contributed by atoms with Gasteiger partial charge in [-0.05, 0) is 36.6 Å². The molecular formula is C28H35NO8. The van der Waals surface area contributed by atoms with Gasteiger partial charge in [0.15, 0.2) is 12.1 Å². The predicted molar refractivity (Wildman–Crippen MR) is 137 cm³/mol. The molecule has 2 aromatic carbocycles. The van der Waals surface area contributed by atoms with Crippen molar-refractivity contribution in [3.8, 4) is 16.9 Å². The highest BCUT2D eigenvalue weighted by molar-refractivity contribution is 6.11. The molecule has 0 aliphatic carbocycles. The third kappa shape index (κ3) is 7.23. The van der Waals surface area contributed by atoms with Gasteiger partial charge in [0.05, 0.1) is 12.1 Å². The van der Waals surface area contributed by atoms with Crippen molar-refractivity contribution in [2.45, 2.75) is 59.2 Å². The smallest absolute Gasteiger partial charge is 0.315 e. The summed E-state index contributed by atoms with van der Waals surface area (Å²) in [6.45, 7) is 5.04. The maximum Gasteiger partial charge on any atom is 0.315 e. The first-order valence-electron chi connectivity index (χ1n) is 12.2. The zero-order valence-corrected chi connectivity index (χ0v) is 22.0. The number of ether oxygens (including phenoxy) is 4. The Labute approximate surface area is 217 Å². The summed E-state index contributed by atoms with van der Waals surface area (Å²) in [7, 11) is 2.92. The number of methoxy groups -OCH3 is 2. The number of nitrogens with zero attached hydrogens (tertiary/aromatic N) is 1. The van der Waals surface area contributed by atoms with Gasteiger partial charge in [0.1, 0.15) is 12.0 Å². The molecular weight excluding hydrogens is 478 g/mol. The van der Waals surface area contributed by atoms with Crippen molar-refractivity contribution in [2.24, 2.45) is 5.41 Å². The highest BCUT2D eigenvalue weighted by Crippen LogP contribution is 2.38. The van der Waals surface area contributed by atoms with Gasteiger partial charge < -0.3 is 23.7 Å². The summed E-state index contributed by atoms with van der Waals surface area (Å²) in [6.07, 6.45) is 2.15. The summed E-state index contributed by atoms with van der Waals surface area (Å²) in [5.41, 5.74) is 0.977. The van der Waals surface area contributed by atoms with E-state index in [1.54, 1.807) is 63.2 Å². The van der Waals surface area contributed by atoms with Crippen LogP contribution in [0.25, 0.3) is 11.1 Å². The summed E-state index contributed by atoms with van der Waals surface area (Å²) in [6, 6.07) is 11.9. The molecule has 0 spiro atoms. The zero-order chi connectivity index (χ0) is 27.0. The molecule has 1 atom stereocenters. The van der Waals surface area contributed by atoms with Crippen LogP contribution in [0.15, 0.2) is 42.5 Å². The van der Waals surface area contributed by atoms with Crippen LogP contribution in [0.5, 0.6) is 5.75 Å². The van der Waals surface area contributed by atoms with Crippen LogP contribution in [0.4, 0.5) is 5.69 Å². The lowest BCUT2D eigenvalue weighted by atomic mass is 9.92. The van der Waals surface area contributed by atoms with Crippen molar-refractivity contribution in [1.29, 1.82) is 0 Å². The molecule has 1 amide bonds. The van der Waals surface area contributed by atoms with Crippen LogP contribution in [0, 0.1) is 5.41 Å². The van der Waals surface area contributed by atoms with Crippen molar-refractivity contribution >= 4 is 23.7 Å². The first kappa shape index (κ1) is 28.5. The quantitative estimate of drug-likeness (QED) is 0.137. The molecule has 1 fully saturated rings. The summed E-state index contributed by atoms with van der Waals surface area (Å²) in [4.78, 5) is 44.0.